The molecule has 3 aromatic carbocycles. The molecule has 0 saturated carbocycles. The Morgan fingerprint density at radius 2 is 1.62 bits per heavy atom. The van der Waals surface area contributed by atoms with Crippen LogP contribution in [0.5, 0.6) is 0 Å². The molecule has 0 spiro atoms. The first-order valence-corrected chi connectivity index (χ1v) is 14.6. The number of ether oxygens (including phenoxy) is 1. The average molecular weight is 609 g/mol. The number of carboxylic acids is 1. The van der Waals surface area contributed by atoms with E-state index in [4.69, 9.17) is 27.9 Å². The number of carbonyl (C=O) groups is 2. The zero-order valence-corrected chi connectivity index (χ0v) is 24.7. The van der Waals surface area contributed by atoms with Gasteiger partial charge in [0.05, 0.1) is 20.4 Å². The number of halogens is 2. The Morgan fingerprint density at radius 3 is 2.20 bits per heavy atom. The van der Waals surface area contributed by atoms with E-state index >= 15 is 0 Å². The van der Waals surface area contributed by atoms with E-state index < -0.39 is 50.0 Å². The highest BCUT2D eigenvalue weighted by molar-refractivity contribution is 7.91. The molecule has 0 aliphatic heterocycles. The summed E-state index contributed by atoms with van der Waals surface area (Å²) in [6.07, 6.45) is -0.871. The van der Waals surface area contributed by atoms with Gasteiger partial charge in [-0.2, -0.15) is 0 Å². The van der Waals surface area contributed by atoms with Gasteiger partial charge < -0.3 is 14.9 Å². The van der Waals surface area contributed by atoms with Crippen molar-refractivity contribution in [2.24, 2.45) is 0 Å². The van der Waals surface area contributed by atoms with Crippen molar-refractivity contribution in [2.75, 3.05) is 0 Å². The number of carbonyl (C=O) groups excluding carboxylic acids is 1. The second kappa shape index (κ2) is 12.7. The monoisotopic (exact) mass is 607 g/mol. The van der Waals surface area contributed by atoms with Crippen molar-refractivity contribution >= 4 is 45.0 Å². The second-order valence-electron chi connectivity index (χ2n) is 10.3. The van der Waals surface area contributed by atoms with E-state index in [1.807, 2.05) is 6.92 Å². The maximum absolute atomic E-state index is 13.2. The number of hydrogen-bond acceptors (Lipinski definition) is 7. The predicted octanol–water partition coefficient (Wildman–Crippen LogP) is 5.49. The molecule has 3 N–H and O–H groups in total. The van der Waals surface area contributed by atoms with E-state index in [1.165, 1.54) is 30.3 Å². The van der Waals surface area contributed by atoms with Gasteiger partial charge in [0, 0.05) is 11.1 Å². The van der Waals surface area contributed by atoms with Crippen molar-refractivity contribution in [2.45, 2.75) is 67.7 Å². The quantitative estimate of drug-likeness (QED) is 0.258. The lowest BCUT2D eigenvalue weighted by atomic mass is 9.99. The molecule has 0 bridgehead atoms. The molecule has 0 aromatic heterocycles. The lowest BCUT2D eigenvalue weighted by molar-refractivity contribution is -0.161. The molecule has 214 valence electrons. The molecule has 40 heavy (non-hydrogen) atoms. The molecular formula is C29H31Cl2NO7S. The van der Waals surface area contributed by atoms with Crippen molar-refractivity contribution in [3.63, 3.8) is 0 Å². The van der Waals surface area contributed by atoms with Crippen LogP contribution in [0.25, 0.3) is 0 Å². The van der Waals surface area contributed by atoms with Crippen LogP contribution < -0.4 is 5.32 Å². The van der Waals surface area contributed by atoms with Gasteiger partial charge in [0.15, 0.2) is 0 Å². The van der Waals surface area contributed by atoms with E-state index in [0.29, 0.717) is 17.0 Å². The summed E-state index contributed by atoms with van der Waals surface area (Å²) in [6, 6.07) is 15.0. The van der Waals surface area contributed by atoms with Gasteiger partial charge >= 0.3 is 11.9 Å². The molecule has 3 rings (SSSR count). The molecular weight excluding hydrogens is 577 g/mol. The van der Waals surface area contributed by atoms with Gasteiger partial charge in [0.2, 0.25) is 9.84 Å². The van der Waals surface area contributed by atoms with Crippen LogP contribution in [0.2, 0.25) is 10.0 Å². The van der Waals surface area contributed by atoms with Crippen LogP contribution >= 0.6 is 23.2 Å². The lowest BCUT2D eigenvalue weighted by Crippen LogP contribution is -2.49. The average Bonchev–Trinajstić information content (AvgIpc) is 2.85. The Labute approximate surface area is 243 Å². The minimum Gasteiger partial charge on any atom is -0.478 e. The first kappa shape index (κ1) is 31.6. The zero-order chi connectivity index (χ0) is 29.8. The number of aliphatic hydroxyl groups is 1. The van der Waals surface area contributed by atoms with Gasteiger partial charge in [-0.15, -0.1) is 0 Å². The largest absolute Gasteiger partial charge is 0.478 e. The zero-order valence-electron chi connectivity index (χ0n) is 22.4. The predicted molar refractivity (Wildman–Crippen MR) is 153 cm³/mol. The molecule has 0 aliphatic carbocycles. The maximum Gasteiger partial charge on any atom is 0.338 e. The summed E-state index contributed by atoms with van der Waals surface area (Å²) in [4.78, 5) is 24.2. The van der Waals surface area contributed by atoms with Crippen LogP contribution in [0.3, 0.4) is 0 Å². The summed E-state index contributed by atoms with van der Waals surface area (Å²) < 4.78 is 31.9. The number of aromatic carboxylic acids is 1. The van der Waals surface area contributed by atoms with Crippen LogP contribution in [-0.4, -0.2) is 48.3 Å². The van der Waals surface area contributed by atoms with Crippen LogP contribution in [0, 0.1) is 0 Å². The van der Waals surface area contributed by atoms with E-state index in [-0.39, 0.29) is 16.0 Å². The lowest BCUT2D eigenvalue weighted by Gasteiger charge is -2.30. The molecule has 0 amide bonds. The van der Waals surface area contributed by atoms with E-state index in [9.17, 15) is 28.2 Å². The fourth-order valence-corrected chi connectivity index (χ4v) is 6.11. The summed E-state index contributed by atoms with van der Waals surface area (Å²) in [6.45, 7) is 7.01. The molecule has 8 nitrogen and oxygen atoms in total. The Bertz CT molecular complexity index is 1480. The Morgan fingerprint density at radius 1 is 1.00 bits per heavy atom. The molecule has 0 radical (unpaired) electrons. The van der Waals surface area contributed by atoms with Gasteiger partial charge in [-0.25, -0.2) is 13.2 Å². The highest BCUT2D eigenvalue weighted by atomic mass is 35.5. The van der Waals surface area contributed by atoms with Gasteiger partial charge in [-0.3, -0.25) is 10.1 Å². The summed E-state index contributed by atoms with van der Waals surface area (Å²) >= 11 is 12.0. The summed E-state index contributed by atoms with van der Waals surface area (Å²) in [5.74, 6) is -2.08. The number of esters is 1. The van der Waals surface area contributed by atoms with Crippen molar-refractivity contribution < 1.29 is 33.0 Å². The fraction of sp³-hybridized carbons (Fsp3) is 0.310. The molecule has 1 unspecified atom stereocenters. The number of hydrogen-bond donors (Lipinski definition) is 3. The van der Waals surface area contributed by atoms with Gasteiger partial charge in [-0.1, -0.05) is 53.5 Å². The third-order valence-corrected chi connectivity index (χ3v) is 8.25. The maximum atomic E-state index is 13.2. The molecule has 0 saturated heterocycles. The third kappa shape index (κ3) is 7.83. The minimum absolute atomic E-state index is 0.0929. The first-order valence-electron chi connectivity index (χ1n) is 12.4. The van der Waals surface area contributed by atoms with Crippen LogP contribution in [0.4, 0.5) is 0 Å². The van der Waals surface area contributed by atoms with E-state index in [2.05, 4.69) is 5.32 Å². The van der Waals surface area contributed by atoms with Crippen LogP contribution in [0.1, 0.15) is 55.3 Å². The van der Waals surface area contributed by atoms with E-state index in [1.54, 1.807) is 57.2 Å². The number of carboxylic acid groups (broad SMARTS) is 1. The van der Waals surface area contributed by atoms with Crippen LogP contribution in [-0.2, 0) is 25.8 Å². The SMILES string of the molecule is C[C@H](Cc1ccc(S(=O)(=O)c2cccc(Cl)c2C(=O)O)cc1)NC(C(=O)OC(C)(C)C)[C@H](O)c1cccc(Cl)c1. The highest BCUT2D eigenvalue weighted by Crippen LogP contribution is 2.29. The standard InChI is InChI=1S/C29H31Cl2NO7S/c1-17(32-25(28(36)39-29(2,3)4)26(33)19-7-5-8-20(30)16-19)15-18-11-13-21(14-12-18)40(37,38)23-10-6-9-22(31)24(23)27(34)35/h5-14,16-17,25-26,32-33H,15H2,1-4H3,(H,34,35)/t17-,25?,26-/m1/s1. The normalized spacial score (nSPS) is 14.3. The van der Waals surface area contributed by atoms with Gasteiger partial charge in [0.25, 0.3) is 0 Å². The van der Waals surface area contributed by atoms with Gasteiger partial charge in [-0.05, 0) is 81.6 Å². The number of rotatable bonds is 10. The Balaban J connectivity index is 1.81. The van der Waals surface area contributed by atoms with E-state index in [0.717, 1.165) is 5.56 Å². The Kier molecular flexibility index (Phi) is 10.0. The van der Waals surface area contributed by atoms with Gasteiger partial charge in [0.1, 0.15) is 17.7 Å². The number of nitrogens with one attached hydrogen (secondary N) is 1. The highest BCUT2D eigenvalue weighted by Gasteiger charge is 2.33. The molecule has 3 atom stereocenters. The minimum atomic E-state index is -4.16. The molecule has 3 aromatic rings. The summed E-state index contributed by atoms with van der Waals surface area (Å²) in [5.41, 5.74) is -0.0837. The molecule has 0 heterocycles. The summed E-state index contributed by atoms with van der Waals surface area (Å²) in [7, 11) is -4.16. The van der Waals surface area contributed by atoms with Crippen molar-refractivity contribution in [1.29, 1.82) is 0 Å². The first-order chi connectivity index (χ1) is 18.6. The van der Waals surface area contributed by atoms with Crippen LogP contribution in [0.15, 0.2) is 76.5 Å². The topological polar surface area (TPSA) is 130 Å². The fourth-order valence-electron chi connectivity index (χ4n) is 4.12. The third-order valence-electron chi connectivity index (χ3n) is 5.89. The van der Waals surface area contributed by atoms with Crippen molar-refractivity contribution in [3.05, 3.63) is 93.5 Å². The number of aliphatic hydroxyl groups excluding tert-OH is 1. The molecule has 0 aliphatic rings. The van der Waals surface area contributed by atoms with Crippen molar-refractivity contribution in [3.8, 4) is 0 Å². The molecule has 0 fully saturated rings. The number of benzene rings is 3. The molecule has 11 heteroatoms. The summed E-state index contributed by atoms with van der Waals surface area (Å²) in [5, 5.41) is 23.9. The van der Waals surface area contributed by atoms with Crippen molar-refractivity contribution in [1.82, 2.24) is 5.32 Å². The second-order valence-corrected chi connectivity index (χ2v) is 13.1. The number of sulfone groups is 1. The smallest absolute Gasteiger partial charge is 0.338 e. The Hall–Kier alpha value is -2.95.